The van der Waals surface area contributed by atoms with Gasteiger partial charge in [0.1, 0.15) is 5.75 Å². The molecule has 4 heteroatoms. The number of nitrogens with two attached hydrogens (primary N) is 2. The van der Waals surface area contributed by atoms with E-state index in [1.807, 2.05) is 0 Å². The van der Waals surface area contributed by atoms with Crippen LogP contribution >= 0.6 is 12.2 Å². The zero-order chi connectivity index (χ0) is 9.84. The predicted octanol–water partition coefficient (Wildman–Crippen LogP) is 0.548. The first kappa shape index (κ1) is 9.95. The summed E-state index contributed by atoms with van der Waals surface area (Å²) in [5.74, 6) is 0.243. The molecule has 0 heterocycles. The van der Waals surface area contributed by atoms with Gasteiger partial charge in [0.25, 0.3) is 0 Å². The molecule has 0 radical (unpaired) electrons. The summed E-state index contributed by atoms with van der Waals surface area (Å²) in [6, 6.07) is 6.53. The minimum Gasteiger partial charge on any atom is -0.508 e. The van der Waals surface area contributed by atoms with E-state index in [9.17, 15) is 0 Å². The van der Waals surface area contributed by atoms with E-state index in [-0.39, 0.29) is 11.8 Å². The Labute approximate surface area is 82.4 Å². The Morgan fingerprint density at radius 1 is 1.38 bits per heavy atom. The Morgan fingerprint density at radius 3 is 2.38 bits per heavy atom. The highest BCUT2D eigenvalue weighted by atomic mass is 32.1. The van der Waals surface area contributed by atoms with E-state index in [0.29, 0.717) is 11.4 Å². The molecule has 0 bridgehead atoms. The molecule has 1 aromatic carbocycles. The van der Waals surface area contributed by atoms with Crippen molar-refractivity contribution in [3.8, 4) is 5.75 Å². The Bertz CT molecular complexity index is 297. The minimum atomic E-state index is -0.292. The average Bonchev–Trinajstić information content (AvgIpc) is 2.08. The fraction of sp³-hybridized carbons (Fsp3) is 0.222. The maximum absolute atomic E-state index is 9.02. The summed E-state index contributed by atoms with van der Waals surface area (Å²) >= 11 is 4.75. The third kappa shape index (κ3) is 3.01. The number of aromatic hydroxyl groups is 1. The third-order valence-corrected chi connectivity index (χ3v) is 2.06. The molecule has 3 nitrogen and oxygen atoms in total. The molecule has 0 amide bonds. The second-order valence-electron chi connectivity index (χ2n) is 2.88. The number of hydrogen-bond acceptors (Lipinski definition) is 3. The second-order valence-corrected chi connectivity index (χ2v) is 3.35. The highest BCUT2D eigenvalue weighted by molar-refractivity contribution is 7.80. The molecule has 0 spiro atoms. The van der Waals surface area contributed by atoms with Crippen molar-refractivity contribution in [3.63, 3.8) is 0 Å². The zero-order valence-electron chi connectivity index (χ0n) is 7.10. The number of benzene rings is 1. The first-order chi connectivity index (χ1) is 6.09. The van der Waals surface area contributed by atoms with Crippen molar-refractivity contribution in [3.05, 3.63) is 29.8 Å². The summed E-state index contributed by atoms with van der Waals surface area (Å²) in [6.07, 6.45) is 0.607. The molecule has 1 atom stereocenters. The van der Waals surface area contributed by atoms with Gasteiger partial charge in [-0.1, -0.05) is 24.4 Å². The molecule has 70 valence electrons. The fourth-order valence-electron chi connectivity index (χ4n) is 0.987. The van der Waals surface area contributed by atoms with E-state index in [0.717, 1.165) is 5.56 Å². The van der Waals surface area contributed by atoms with Crippen molar-refractivity contribution in [2.75, 3.05) is 0 Å². The molecule has 0 unspecified atom stereocenters. The lowest BCUT2D eigenvalue weighted by Gasteiger charge is -2.08. The summed E-state index contributed by atoms with van der Waals surface area (Å²) in [6.45, 7) is 0. The number of thiocarbonyl (C=S) groups is 1. The number of phenolic OH excluding ortho intramolecular Hbond substituents is 1. The zero-order valence-corrected chi connectivity index (χ0v) is 7.92. The Kier molecular flexibility index (Phi) is 3.22. The van der Waals surface area contributed by atoms with Crippen LogP contribution in [-0.2, 0) is 6.42 Å². The average molecular weight is 196 g/mol. The van der Waals surface area contributed by atoms with Crippen molar-refractivity contribution in [2.24, 2.45) is 11.5 Å². The summed E-state index contributed by atoms with van der Waals surface area (Å²) in [5.41, 5.74) is 12.0. The van der Waals surface area contributed by atoms with Crippen LogP contribution < -0.4 is 11.5 Å². The number of phenols is 1. The van der Waals surface area contributed by atoms with Crippen molar-refractivity contribution >= 4 is 17.2 Å². The van der Waals surface area contributed by atoms with Crippen molar-refractivity contribution in [1.82, 2.24) is 0 Å². The molecular formula is C9H12N2OS. The lowest BCUT2D eigenvalue weighted by atomic mass is 10.1. The van der Waals surface area contributed by atoms with Gasteiger partial charge < -0.3 is 16.6 Å². The lowest BCUT2D eigenvalue weighted by Crippen LogP contribution is -2.36. The maximum Gasteiger partial charge on any atom is 0.115 e. The molecule has 0 saturated carbocycles. The van der Waals surface area contributed by atoms with Crippen LogP contribution in [0.5, 0.6) is 5.75 Å². The maximum atomic E-state index is 9.02. The van der Waals surface area contributed by atoms with E-state index >= 15 is 0 Å². The molecule has 0 aliphatic rings. The molecular weight excluding hydrogens is 184 g/mol. The van der Waals surface area contributed by atoms with E-state index < -0.39 is 0 Å². The molecule has 0 aliphatic heterocycles. The molecule has 0 fully saturated rings. The van der Waals surface area contributed by atoms with Gasteiger partial charge in [-0.25, -0.2) is 0 Å². The lowest BCUT2D eigenvalue weighted by molar-refractivity contribution is 0.475. The molecule has 13 heavy (non-hydrogen) atoms. The first-order valence-electron chi connectivity index (χ1n) is 3.92. The van der Waals surface area contributed by atoms with Crippen LogP contribution in [0.15, 0.2) is 24.3 Å². The van der Waals surface area contributed by atoms with Gasteiger partial charge in [0, 0.05) is 0 Å². The van der Waals surface area contributed by atoms with E-state index in [4.69, 9.17) is 28.8 Å². The van der Waals surface area contributed by atoms with Crippen LogP contribution in [0.3, 0.4) is 0 Å². The van der Waals surface area contributed by atoms with Gasteiger partial charge in [-0.3, -0.25) is 0 Å². The van der Waals surface area contributed by atoms with Gasteiger partial charge in [0.15, 0.2) is 0 Å². The van der Waals surface area contributed by atoms with Gasteiger partial charge in [-0.05, 0) is 24.1 Å². The van der Waals surface area contributed by atoms with Crippen LogP contribution in [0.4, 0.5) is 0 Å². The third-order valence-electron chi connectivity index (χ3n) is 1.76. The second kappa shape index (κ2) is 4.20. The fourth-order valence-corrected chi connectivity index (χ4v) is 1.07. The number of rotatable bonds is 3. The molecule has 0 aromatic heterocycles. The summed E-state index contributed by atoms with van der Waals surface area (Å²) < 4.78 is 0. The summed E-state index contributed by atoms with van der Waals surface area (Å²) in [4.78, 5) is 0.313. The van der Waals surface area contributed by atoms with E-state index in [1.54, 1.807) is 24.3 Å². The van der Waals surface area contributed by atoms with Crippen LogP contribution in [-0.4, -0.2) is 16.1 Å². The van der Waals surface area contributed by atoms with Crippen LogP contribution in [0.1, 0.15) is 5.56 Å². The van der Waals surface area contributed by atoms with Gasteiger partial charge in [0.2, 0.25) is 0 Å². The molecule has 1 aromatic rings. The summed E-state index contributed by atoms with van der Waals surface area (Å²) in [5, 5.41) is 9.02. The standard InChI is InChI=1S/C9H12N2OS/c10-8(9(11)13)5-6-1-3-7(12)4-2-6/h1-4,8,12H,5,10H2,(H2,11,13)/t8-/m0/s1. The van der Waals surface area contributed by atoms with Gasteiger partial charge in [-0.2, -0.15) is 0 Å². The normalized spacial score (nSPS) is 12.4. The van der Waals surface area contributed by atoms with Crippen LogP contribution in [0.25, 0.3) is 0 Å². The van der Waals surface area contributed by atoms with Crippen molar-refractivity contribution in [2.45, 2.75) is 12.5 Å². The first-order valence-corrected chi connectivity index (χ1v) is 4.33. The monoisotopic (exact) mass is 196 g/mol. The Balaban J connectivity index is 2.64. The highest BCUT2D eigenvalue weighted by Crippen LogP contribution is 2.10. The molecule has 1 rings (SSSR count). The highest BCUT2D eigenvalue weighted by Gasteiger charge is 2.05. The Hall–Kier alpha value is -1.13. The Morgan fingerprint density at radius 2 is 1.92 bits per heavy atom. The molecule has 0 aliphatic carbocycles. The largest absolute Gasteiger partial charge is 0.508 e. The minimum absolute atomic E-state index is 0.243. The topological polar surface area (TPSA) is 72.3 Å². The molecule has 5 N–H and O–H groups in total. The van der Waals surface area contributed by atoms with Crippen LogP contribution in [0, 0.1) is 0 Å². The van der Waals surface area contributed by atoms with Crippen molar-refractivity contribution in [1.29, 1.82) is 0 Å². The smallest absolute Gasteiger partial charge is 0.115 e. The van der Waals surface area contributed by atoms with Crippen molar-refractivity contribution < 1.29 is 5.11 Å². The SMILES string of the molecule is NC(=S)[C@@H](N)Cc1ccc(O)cc1. The molecule has 0 saturated heterocycles. The van der Waals surface area contributed by atoms with Gasteiger partial charge >= 0.3 is 0 Å². The number of hydrogen-bond donors (Lipinski definition) is 3. The van der Waals surface area contributed by atoms with E-state index in [1.165, 1.54) is 0 Å². The predicted molar refractivity (Wildman–Crippen MR) is 56.6 cm³/mol. The van der Waals surface area contributed by atoms with E-state index in [2.05, 4.69) is 0 Å². The van der Waals surface area contributed by atoms with Crippen LogP contribution in [0.2, 0.25) is 0 Å². The summed E-state index contributed by atoms with van der Waals surface area (Å²) in [7, 11) is 0. The van der Waals surface area contributed by atoms with Gasteiger partial charge in [0.05, 0.1) is 11.0 Å². The van der Waals surface area contributed by atoms with Gasteiger partial charge in [-0.15, -0.1) is 0 Å². The quantitative estimate of drug-likeness (QED) is 0.617.